The number of pyridine rings is 1. The van der Waals surface area contributed by atoms with Gasteiger partial charge in [0.15, 0.2) is 5.65 Å². The number of fused-ring (bicyclic) bond motifs is 4. The molecule has 0 spiro atoms. The van der Waals surface area contributed by atoms with Gasteiger partial charge in [-0.15, -0.1) is 11.3 Å². The summed E-state index contributed by atoms with van der Waals surface area (Å²) >= 11 is 1.76. The molecule has 2 saturated heterocycles. The van der Waals surface area contributed by atoms with Gasteiger partial charge in [-0.05, 0) is 71.8 Å². The number of rotatable bonds is 3. The van der Waals surface area contributed by atoms with Crippen LogP contribution in [0.3, 0.4) is 0 Å². The first kappa shape index (κ1) is 24.5. The van der Waals surface area contributed by atoms with Gasteiger partial charge in [0.25, 0.3) is 0 Å². The number of piperidine rings is 1. The van der Waals surface area contributed by atoms with Crippen molar-refractivity contribution in [3.05, 3.63) is 46.9 Å². The molecule has 6 heterocycles. The Labute approximate surface area is 231 Å². The van der Waals surface area contributed by atoms with Crippen molar-refractivity contribution in [2.24, 2.45) is 0 Å². The largest absolute Gasteiger partial charge is 0.444 e. The Bertz CT molecular complexity index is 1530. The molecule has 9 nitrogen and oxygen atoms in total. The summed E-state index contributed by atoms with van der Waals surface area (Å²) in [5.74, 6) is 0.786. The summed E-state index contributed by atoms with van der Waals surface area (Å²) in [5, 5.41) is 5.52. The number of hydrogen-bond acceptors (Lipinski definition) is 8. The lowest BCUT2D eigenvalue weighted by atomic mass is 9.88. The maximum atomic E-state index is 12.9. The Morgan fingerprint density at radius 2 is 1.90 bits per heavy atom. The smallest absolute Gasteiger partial charge is 0.410 e. The van der Waals surface area contributed by atoms with Gasteiger partial charge in [0.05, 0.1) is 17.6 Å². The zero-order chi connectivity index (χ0) is 26.9. The van der Waals surface area contributed by atoms with E-state index in [2.05, 4.69) is 11.2 Å². The Morgan fingerprint density at radius 1 is 1.10 bits per heavy atom. The Balaban J connectivity index is 1.15. The third-order valence-electron chi connectivity index (χ3n) is 8.16. The number of amides is 1. The predicted molar refractivity (Wildman–Crippen MR) is 151 cm³/mol. The van der Waals surface area contributed by atoms with Gasteiger partial charge in [-0.25, -0.2) is 14.8 Å². The lowest BCUT2D eigenvalue weighted by molar-refractivity contribution is 0.00570. The topological polar surface area (TPSA) is 112 Å². The predicted octanol–water partition coefficient (Wildman–Crippen LogP) is 5.63. The minimum atomic E-state index is -0.500. The Morgan fingerprint density at radius 3 is 2.59 bits per heavy atom. The van der Waals surface area contributed by atoms with Gasteiger partial charge >= 0.3 is 6.09 Å². The van der Waals surface area contributed by atoms with Crippen molar-refractivity contribution < 1.29 is 9.53 Å². The molecule has 10 heteroatoms. The first-order valence-electron chi connectivity index (χ1n) is 13.8. The first-order valence-corrected chi connectivity index (χ1v) is 14.7. The number of ether oxygens (including phenoxy) is 1. The highest BCUT2D eigenvalue weighted by Gasteiger charge is 2.45. The van der Waals surface area contributed by atoms with Crippen LogP contribution in [0.15, 0.2) is 30.6 Å². The molecule has 2 aliphatic heterocycles. The average Bonchev–Trinajstić information content (AvgIpc) is 3.65. The van der Waals surface area contributed by atoms with Crippen molar-refractivity contribution in [3.8, 4) is 21.8 Å². The highest BCUT2D eigenvalue weighted by atomic mass is 32.1. The molecule has 2 atom stereocenters. The summed E-state index contributed by atoms with van der Waals surface area (Å²) in [6.45, 7) is 5.74. The molecule has 202 valence electrons. The maximum Gasteiger partial charge on any atom is 0.410 e. The van der Waals surface area contributed by atoms with Crippen molar-refractivity contribution in [3.63, 3.8) is 0 Å². The average molecular weight is 544 g/mol. The third-order valence-corrected chi connectivity index (χ3v) is 9.34. The standard InChI is InChI=1S/C29H33N7O2S/c1-29(2,3)38-28(37)35-18-8-9-19(35)12-17(11-18)23-13-25(30)36-26(33-23)20(15-32-36)16-7-10-22(31-14-16)27-34-21-5-4-6-24(21)39-27/h7,10,13-15,17-19H,4-6,8-9,11-12,30H2,1-3H3. The number of nitrogens with zero attached hydrogens (tertiary/aromatic N) is 6. The van der Waals surface area contributed by atoms with E-state index in [0.717, 1.165) is 71.7 Å². The molecule has 1 amide bonds. The third kappa shape index (κ3) is 4.34. The summed E-state index contributed by atoms with van der Waals surface area (Å²) in [4.78, 5) is 30.9. The van der Waals surface area contributed by atoms with E-state index in [9.17, 15) is 4.79 Å². The Kier molecular flexibility index (Phi) is 5.66. The molecule has 4 aromatic heterocycles. The van der Waals surface area contributed by atoms with Crippen LogP contribution in [0.2, 0.25) is 0 Å². The quantitative estimate of drug-likeness (QED) is 0.356. The molecule has 0 radical (unpaired) electrons. The minimum absolute atomic E-state index is 0.163. The zero-order valence-corrected chi connectivity index (χ0v) is 23.4. The summed E-state index contributed by atoms with van der Waals surface area (Å²) in [6, 6.07) is 6.37. The number of thiazole rings is 1. The van der Waals surface area contributed by atoms with Crippen molar-refractivity contribution >= 4 is 28.9 Å². The van der Waals surface area contributed by atoms with Gasteiger partial charge in [0.1, 0.15) is 16.4 Å². The monoisotopic (exact) mass is 543 g/mol. The fraction of sp³-hybridized carbons (Fsp3) is 0.483. The van der Waals surface area contributed by atoms with E-state index in [1.807, 2.05) is 50.2 Å². The number of carbonyl (C=O) groups excluding carboxylic acids is 1. The van der Waals surface area contributed by atoms with E-state index >= 15 is 0 Å². The van der Waals surface area contributed by atoms with Gasteiger partial charge in [-0.2, -0.15) is 9.61 Å². The molecule has 2 N–H and O–H groups in total. The van der Waals surface area contributed by atoms with Crippen LogP contribution in [0, 0.1) is 0 Å². The molecule has 2 fully saturated rings. The zero-order valence-electron chi connectivity index (χ0n) is 22.6. The van der Waals surface area contributed by atoms with Gasteiger partial charge in [-0.3, -0.25) is 4.98 Å². The molecule has 39 heavy (non-hydrogen) atoms. The summed E-state index contributed by atoms with van der Waals surface area (Å²) in [6.07, 6.45) is 10.6. The van der Waals surface area contributed by atoms with Crippen LogP contribution in [-0.4, -0.2) is 53.2 Å². The number of carbonyl (C=O) groups is 1. The second kappa shape index (κ2) is 9.01. The second-order valence-electron chi connectivity index (χ2n) is 12.0. The van der Waals surface area contributed by atoms with Crippen molar-refractivity contribution in [1.82, 2.24) is 29.5 Å². The molecule has 0 aromatic carbocycles. The van der Waals surface area contributed by atoms with E-state index < -0.39 is 5.60 Å². The molecular weight excluding hydrogens is 510 g/mol. The number of nitrogens with two attached hydrogens (primary N) is 1. The number of nitrogen functional groups attached to an aromatic ring is 1. The van der Waals surface area contributed by atoms with Gasteiger partial charge in [-0.1, -0.05) is 6.07 Å². The van der Waals surface area contributed by atoms with Crippen LogP contribution in [0.5, 0.6) is 0 Å². The summed E-state index contributed by atoms with van der Waals surface area (Å²) in [5.41, 5.74) is 11.7. The molecule has 7 rings (SSSR count). The lowest BCUT2D eigenvalue weighted by Gasteiger charge is -2.39. The van der Waals surface area contributed by atoms with Crippen LogP contribution in [0.1, 0.15) is 75.1 Å². The van der Waals surface area contributed by atoms with E-state index in [-0.39, 0.29) is 24.1 Å². The highest BCUT2D eigenvalue weighted by molar-refractivity contribution is 7.15. The van der Waals surface area contributed by atoms with Crippen LogP contribution in [-0.2, 0) is 17.6 Å². The molecule has 0 saturated carbocycles. The molecule has 2 bridgehead atoms. The van der Waals surface area contributed by atoms with Crippen LogP contribution >= 0.6 is 11.3 Å². The van der Waals surface area contributed by atoms with Crippen molar-refractivity contribution in [1.29, 1.82) is 0 Å². The van der Waals surface area contributed by atoms with E-state index in [1.165, 1.54) is 17.0 Å². The van der Waals surface area contributed by atoms with Crippen LogP contribution < -0.4 is 5.73 Å². The molecule has 4 aromatic rings. The van der Waals surface area contributed by atoms with Crippen molar-refractivity contribution in [2.45, 2.75) is 89.3 Å². The molecule has 1 aliphatic carbocycles. The number of aromatic nitrogens is 5. The molecule has 3 aliphatic rings. The number of anilines is 1. The van der Waals surface area contributed by atoms with Gasteiger partial charge in [0, 0.05) is 52.0 Å². The minimum Gasteiger partial charge on any atom is -0.444 e. The highest BCUT2D eigenvalue weighted by Crippen LogP contribution is 2.44. The summed E-state index contributed by atoms with van der Waals surface area (Å²) < 4.78 is 7.41. The SMILES string of the molecule is CC(C)(C)OC(=O)N1C2CCC1CC(c1cc(N)n3ncc(-c4ccc(-c5nc6c(s5)CCC6)nc4)c3n1)C2. The Hall–Kier alpha value is -3.53. The van der Waals surface area contributed by atoms with E-state index in [0.29, 0.717) is 5.82 Å². The normalized spacial score (nSPS) is 22.4. The molecule has 2 unspecified atom stereocenters. The fourth-order valence-corrected chi connectivity index (χ4v) is 7.56. The fourth-order valence-electron chi connectivity index (χ4n) is 6.43. The first-order chi connectivity index (χ1) is 18.7. The summed E-state index contributed by atoms with van der Waals surface area (Å²) in [7, 11) is 0. The van der Waals surface area contributed by atoms with Crippen LogP contribution in [0.4, 0.5) is 10.6 Å². The number of hydrogen-bond donors (Lipinski definition) is 1. The van der Waals surface area contributed by atoms with Crippen molar-refractivity contribution in [2.75, 3.05) is 5.73 Å². The van der Waals surface area contributed by atoms with Gasteiger partial charge in [0.2, 0.25) is 0 Å². The van der Waals surface area contributed by atoms with Gasteiger partial charge < -0.3 is 15.4 Å². The number of aryl methyl sites for hydroxylation is 2. The second-order valence-corrected chi connectivity index (χ2v) is 13.1. The molecular formula is C29H33N7O2S. The lowest BCUT2D eigenvalue weighted by Crippen LogP contribution is -2.48. The van der Waals surface area contributed by atoms with E-state index in [4.69, 9.17) is 25.4 Å². The van der Waals surface area contributed by atoms with E-state index in [1.54, 1.807) is 15.9 Å². The van der Waals surface area contributed by atoms with Crippen LogP contribution in [0.25, 0.3) is 27.5 Å². The maximum absolute atomic E-state index is 12.9.